The van der Waals surface area contributed by atoms with Crippen molar-refractivity contribution in [1.29, 1.82) is 0 Å². The van der Waals surface area contributed by atoms with Crippen LogP contribution in [0.2, 0.25) is 5.02 Å². The first-order valence-corrected chi connectivity index (χ1v) is 5.36. The van der Waals surface area contributed by atoms with E-state index in [1.807, 2.05) is 0 Å². The number of benzene rings is 1. The summed E-state index contributed by atoms with van der Waals surface area (Å²) in [5.74, 6) is -0.476. The zero-order chi connectivity index (χ0) is 13.1. The number of halogens is 1. The van der Waals surface area contributed by atoms with Crippen LogP contribution in [0, 0.1) is 0 Å². The summed E-state index contributed by atoms with van der Waals surface area (Å²) in [4.78, 5) is 14.6. The predicted octanol–water partition coefficient (Wildman–Crippen LogP) is 2.81. The van der Waals surface area contributed by atoms with Gasteiger partial charge in [0.2, 0.25) is 5.88 Å². The average Bonchev–Trinajstić information content (AvgIpc) is 2.31. The molecule has 0 bridgehead atoms. The Labute approximate surface area is 108 Å². The Morgan fingerprint density at radius 3 is 2.78 bits per heavy atom. The van der Waals surface area contributed by atoms with Crippen LogP contribution >= 0.6 is 11.6 Å². The van der Waals surface area contributed by atoms with Crippen molar-refractivity contribution in [1.82, 2.24) is 4.98 Å². The van der Waals surface area contributed by atoms with Gasteiger partial charge in [0.25, 0.3) is 0 Å². The molecule has 0 fully saturated rings. The molecule has 18 heavy (non-hydrogen) atoms. The van der Waals surface area contributed by atoms with E-state index in [1.54, 1.807) is 24.3 Å². The molecule has 3 N–H and O–H groups in total. The van der Waals surface area contributed by atoms with Crippen LogP contribution < -0.4 is 10.5 Å². The van der Waals surface area contributed by atoms with Gasteiger partial charge in [-0.1, -0.05) is 17.7 Å². The summed E-state index contributed by atoms with van der Waals surface area (Å²) in [5.41, 5.74) is 5.81. The van der Waals surface area contributed by atoms with Gasteiger partial charge >= 0.3 is 5.97 Å². The van der Waals surface area contributed by atoms with Crippen LogP contribution in [-0.4, -0.2) is 16.1 Å². The van der Waals surface area contributed by atoms with Crippen LogP contribution in [0.1, 0.15) is 10.4 Å². The third-order valence-electron chi connectivity index (χ3n) is 2.14. The van der Waals surface area contributed by atoms with E-state index in [1.165, 1.54) is 12.3 Å². The van der Waals surface area contributed by atoms with Crippen LogP contribution in [0.3, 0.4) is 0 Å². The number of rotatable bonds is 3. The number of nitrogen functional groups attached to an aromatic ring is 1. The minimum absolute atomic E-state index is 0.00550. The van der Waals surface area contributed by atoms with Crippen LogP contribution in [0.4, 0.5) is 5.69 Å². The van der Waals surface area contributed by atoms with Gasteiger partial charge < -0.3 is 15.6 Å². The van der Waals surface area contributed by atoms with E-state index in [-0.39, 0.29) is 17.1 Å². The van der Waals surface area contributed by atoms with Crippen LogP contribution in [0.5, 0.6) is 11.6 Å². The highest BCUT2D eigenvalue weighted by atomic mass is 35.5. The summed E-state index contributed by atoms with van der Waals surface area (Å²) in [5, 5.41) is 9.29. The van der Waals surface area contributed by atoms with Gasteiger partial charge in [-0.2, -0.15) is 0 Å². The number of carbonyl (C=O) groups is 1. The number of hydrogen-bond donors (Lipinski definition) is 2. The van der Waals surface area contributed by atoms with E-state index in [0.29, 0.717) is 10.8 Å². The standard InChI is InChI=1S/C12H9ClN2O3/c13-8-2-1-3-9(5-8)18-11-10(14)4-7(6-15-11)12(16)17/h1-6H,14H2,(H,16,17). The van der Waals surface area contributed by atoms with Gasteiger partial charge in [0, 0.05) is 11.2 Å². The molecule has 0 unspecified atom stereocenters. The SMILES string of the molecule is Nc1cc(C(=O)O)cnc1Oc1cccc(Cl)c1. The van der Waals surface area contributed by atoms with E-state index >= 15 is 0 Å². The Bertz CT molecular complexity index is 602. The second-order valence-corrected chi connectivity index (χ2v) is 3.92. The molecule has 0 radical (unpaired) electrons. The largest absolute Gasteiger partial charge is 0.478 e. The van der Waals surface area contributed by atoms with E-state index in [9.17, 15) is 4.79 Å². The van der Waals surface area contributed by atoms with Crippen molar-refractivity contribution in [3.05, 3.63) is 47.1 Å². The van der Waals surface area contributed by atoms with Crippen molar-refractivity contribution in [3.63, 3.8) is 0 Å². The zero-order valence-electron chi connectivity index (χ0n) is 9.13. The molecule has 1 heterocycles. The summed E-state index contributed by atoms with van der Waals surface area (Å²) in [7, 11) is 0. The molecule has 0 aliphatic heterocycles. The van der Waals surface area contributed by atoms with Gasteiger partial charge in [-0.15, -0.1) is 0 Å². The lowest BCUT2D eigenvalue weighted by Gasteiger charge is -2.07. The topological polar surface area (TPSA) is 85.4 Å². The Morgan fingerprint density at radius 2 is 2.17 bits per heavy atom. The van der Waals surface area contributed by atoms with Crippen molar-refractivity contribution in [2.45, 2.75) is 0 Å². The second kappa shape index (κ2) is 4.93. The highest BCUT2D eigenvalue weighted by Gasteiger charge is 2.09. The number of pyridine rings is 1. The minimum Gasteiger partial charge on any atom is -0.478 e. The van der Waals surface area contributed by atoms with E-state index in [4.69, 9.17) is 27.2 Å². The molecule has 0 amide bonds. The molecule has 1 aromatic carbocycles. The molecule has 0 aliphatic carbocycles. The van der Waals surface area contributed by atoms with Crippen LogP contribution in [-0.2, 0) is 0 Å². The number of ether oxygens (including phenoxy) is 1. The van der Waals surface area contributed by atoms with Crippen LogP contribution in [0.25, 0.3) is 0 Å². The number of carboxylic acid groups (broad SMARTS) is 1. The lowest BCUT2D eigenvalue weighted by molar-refractivity contribution is 0.0696. The highest BCUT2D eigenvalue weighted by molar-refractivity contribution is 6.30. The van der Waals surface area contributed by atoms with Gasteiger partial charge in [0.05, 0.1) is 11.3 Å². The lowest BCUT2D eigenvalue weighted by Crippen LogP contribution is -2.01. The zero-order valence-corrected chi connectivity index (χ0v) is 9.89. The Hall–Kier alpha value is -2.27. The number of aromatic carboxylic acids is 1. The Kier molecular flexibility index (Phi) is 3.34. The highest BCUT2D eigenvalue weighted by Crippen LogP contribution is 2.27. The molecule has 0 spiro atoms. The molecule has 5 nitrogen and oxygen atoms in total. The van der Waals surface area contributed by atoms with Crippen molar-refractivity contribution < 1.29 is 14.6 Å². The Balaban J connectivity index is 2.27. The number of anilines is 1. The Morgan fingerprint density at radius 1 is 1.39 bits per heavy atom. The molecule has 0 saturated heterocycles. The number of carboxylic acids is 1. The van der Waals surface area contributed by atoms with Gasteiger partial charge in [0.15, 0.2) is 0 Å². The molecule has 0 aliphatic rings. The maximum absolute atomic E-state index is 10.7. The average molecular weight is 265 g/mol. The molecule has 0 atom stereocenters. The molecule has 0 saturated carbocycles. The summed E-state index contributed by atoms with van der Waals surface area (Å²) in [6.07, 6.45) is 1.18. The second-order valence-electron chi connectivity index (χ2n) is 3.48. The molecular weight excluding hydrogens is 256 g/mol. The van der Waals surface area contributed by atoms with Crippen LogP contribution in [0.15, 0.2) is 36.5 Å². The number of nitrogens with two attached hydrogens (primary N) is 1. The summed E-state index contributed by atoms with van der Waals surface area (Å²) in [6, 6.07) is 8.01. The quantitative estimate of drug-likeness (QED) is 0.890. The fraction of sp³-hybridized carbons (Fsp3) is 0. The number of hydrogen-bond acceptors (Lipinski definition) is 4. The molecule has 6 heteroatoms. The first-order valence-electron chi connectivity index (χ1n) is 4.98. The first-order chi connectivity index (χ1) is 8.56. The summed E-state index contributed by atoms with van der Waals surface area (Å²) in [6.45, 7) is 0. The number of aromatic nitrogens is 1. The van der Waals surface area contributed by atoms with E-state index < -0.39 is 5.97 Å². The van der Waals surface area contributed by atoms with Crippen molar-refractivity contribution in [2.75, 3.05) is 5.73 Å². The summed E-state index contributed by atoms with van der Waals surface area (Å²) < 4.78 is 5.41. The molecular formula is C12H9ClN2O3. The third kappa shape index (κ3) is 2.70. The third-order valence-corrected chi connectivity index (χ3v) is 2.37. The molecule has 2 aromatic rings. The molecule has 1 aromatic heterocycles. The maximum atomic E-state index is 10.7. The smallest absolute Gasteiger partial charge is 0.337 e. The van der Waals surface area contributed by atoms with Gasteiger partial charge in [-0.05, 0) is 24.3 Å². The lowest BCUT2D eigenvalue weighted by atomic mass is 10.2. The molecule has 2 rings (SSSR count). The van der Waals surface area contributed by atoms with Crippen molar-refractivity contribution >= 4 is 23.3 Å². The predicted molar refractivity (Wildman–Crippen MR) is 67.1 cm³/mol. The monoisotopic (exact) mass is 264 g/mol. The van der Waals surface area contributed by atoms with E-state index in [2.05, 4.69) is 4.98 Å². The fourth-order valence-electron chi connectivity index (χ4n) is 1.31. The fourth-order valence-corrected chi connectivity index (χ4v) is 1.49. The van der Waals surface area contributed by atoms with Gasteiger partial charge in [-0.25, -0.2) is 9.78 Å². The van der Waals surface area contributed by atoms with Crippen molar-refractivity contribution in [3.8, 4) is 11.6 Å². The minimum atomic E-state index is -1.09. The first kappa shape index (κ1) is 12.2. The maximum Gasteiger partial charge on any atom is 0.337 e. The normalized spacial score (nSPS) is 10.1. The van der Waals surface area contributed by atoms with E-state index in [0.717, 1.165) is 0 Å². The van der Waals surface area contributed by atoms with Crippen molar-refractivity contribution in [2.24, 2.45) is 0 Å². The number of nitrogens with zero attached hydrogens (tertiary/aromatic N) is 1. The molecule has 92 valence electrons. The van der Waals surface area contributed by atoms with Gasteiger partial charge in [-0.3, -0.25) is 0 Å². The van der Waals surface area contributed by atoms with Gasteiger partial charge in [0.1, 0.15) is 5.75 Å². The summed E-state index contributed by atoms with van der Waals surface area (Å²) >= 11 is 5.81.